The van der Waals surface area contributed by atoms with Crippen molar-refractivity contribution in [3.05, 3.63) is 23.8 Å². The van der Waals surface area contributed by atoms with Crippen LogP contribution in [0.25, 0.3) is 0 Å². The fourth-order valence-corrected chi connectivity index (χ4v) is 2.65. The van der Waals surface area contributed by atoms with Crippen molar-refractivity contribution in [3.63, 3.8) is 0 Å². The molecule has 0 radical (unpaired) electrons. The van der Waals surface area contributed by atoms with E-state index < -0.39 is 0 Å². The van der Waals surface area contributed by atoms with E-state index in [1.807, 2.05) is 12.1 Å². The van der Waals surface area contributed by atoms with E-state index in [1.165, 1.54) is 5.56 Å². The van der Waals surface area contributed by atoms with Gasteiger partial charge in [-0.1, -0.05) is 6.07 Å². The summed E-state index contributed by atoms with van der Waals surface area (Å²) in [6, 6.07) is 5.93. The van der Waals surface area contributed by atoms with E-state index >= 15 is 0 Å². The molecule has 5 nitrogen and oxygen atoms in total. The van der Waals surface area contributed by atoms with Crippen LogP contribution in [0.1, 0.15) is 5.56 Å². The van der Waals surface area contributed by atoms with Gasteiger partial charge in [-0.25, -0.2) is 0 Å². The van der Waals surface area contributed by atoms with E-state index in [1.54, 1.807) is 7.11 Å². The minimum absolute atomic E-state index is 0.754. The predicted molar refractivity (Wildman–Crippen MR) is 87.7 cm³/mol. The van der Waals surface area contributed by atoms with Crippen LogP contribution in [0.4, 0.5) is 5.69 Å². The average molecular weight is 292 g/mol. The highest BCUT2D eigenvalue weighted by Crippen LogP contribution is 2.23. The van der Waals surface area contributed by atoms with Gasteiger partial charge in [-0.3, -0.25) is 9.80 Å². The first-order valence-electron chi connectivity index (χ1n) is 7.60. The van der Waals surface area contributed by atoms with Gasteiger partial charge in [0.1, 0.15) is 5.75 Å². The molecule has 1 heterocycles. The number of hydrogen-bond acceptors (Lipinski definition) is 5. The summed E-state index contributed by atoms with van der Waals surface area (Å²) in [4.78, 5) is 7.27. The molecule has 118 valence electrons. The van der Waals surface area contributed by atoms with Crippen molar-refractivity contribution in [2.75, 3.05) is 66.2 Å². The van der Waals surface area contributed by atoms with Crippen LogP contribution < -0.4 is 10.5 Å². The summed E-state index contributed by atoms with van der Waals surface area (Å²) >= 11 is 0. The number of nitrogens with zero attached hydrogens (tertiary/aromatic N) is 3. The number of likely N-dealkylation sites (N-methyl/N-ethyl adjacent to an activating group) is 1. The standard InChI is InChI=1S/C16H28N4O/c1-18(2)6-7-19-8-10-20(11-9-19)13-14-4-5-15(17)12-16(14)21-3/h4-5,12H,6-11,13,17H2,1-3H3. The first-order valence-corrected chi connectivity index (χ1v) is 7.60. The average Bonchev–Trinajstić information content (AvgIpc) is 2.48. The van der Waals surface area contributed by atoms with Gasteiger partial charge < -0.3 is 15.4 Å². The Balaban J connectivity index is 1.83. The largest absolute Gasteiger partial charge is 0.496 e. The van der Waals surface area contributed by atoms with Gasteiger partial charge in [0.05, 0.1) is 7.11 Å². The number of ether oxygens (including phenoxy) is 1. The van der Waals surface area contributed by atoms with Crippen molar-refractivity contribution in [1.82, 2.24) is 14.7 Å². The third kappa shape index (κ3) is 4.88. The van der Waals surface area contributed by atoms with Gasteiger partial charge in [0, 0.05) is 63.1 Å². The molecule has 0 unspecified atom stereocenters. The maximum Gasteiger partial charge on any atom is 0.125 e. The van der Waals surface area contributed by atoms with Crippen LogP contribution in [0.5, 0.6) is 5.75 Å². The monoisotopic (exact) mass is 292 g/mol. The molecule has 1 aliphatic rings. The molecule has 0 aromatic heterocycles. The number of rotatable bonds is 6. The second-order valence-electron chi connectivity index (χ2n) is 5.99. The lowest BCUT2D eigenvalue weighted by Crippen LogP contribution is -2.47. The molecule has 21 heavy (non-hydrogen) atoms. The molecule has 0 bridgehead atoms. The summed E-state index contributed by atoms with van der Waals surface area (Å²) in [5, 5.41) is 0. The molecule has 1 aliphatic heterocycles. The Labute approximate surface area is 128 Å². The first kappa shape index (κ1) is 16.1. The lowest BCUT2D eigenvalue weighted by Gasteiger charge is -2.35. The van der Waals surface area contributed by atoms with E-state index in [-0.39, 0.29) is 0 Å². The van der Waals surface area contributed by atoms with Gasteiger partial charge >= 0.3 is 0 Å². The second-order valence-corrected chi connectivity index (χ2v) is 5.99. The van der Waals surface area contributed by atoms with Crippen molar-refractivity contribution in [1.29, 1.82) is 0 Å². The van der Waals surface area contributed by atoms with Gasteiger partial charge in [0.2, 0.25) is 0 Å². The topological polar surface area (TPSA) is 45.0 Å². The molecule has 2 rings (SSSR count). The summed E-state index contributed by atoms with van der Waals surface area (Å²) in [5.74, 6) is 0.894. The molecular formula is C16H28N4O. The van der Waals surface area contributed by atoms with Gasteiger partial charge in [-0.05, 0) is 20.2 Å². The van der Waals surface area contributed by atoms with Crippen LogP contribution in [0.15, 0.2) is 18.2 Å². The van der Waals surface area contributed by atoms with Gasteiger partial charge in [0.15, 0.2) is 0 Å². The maximum atomic E-state index is 5.81. The minimum Gasteiger partial charge on any atom is -0.496 e. The van der Waals surface area contributed by atoms with E-state index in [2.05, 4.69) is 34.9 Å². The molecule has 0 amide bonds. The lowest BCUT2D eigenvalue weighted by molar-refractivity contribution is 0.120. The van der Waals surface area contributed by atoms with Crippen LogP contribution >= 0.6 is 0 Å². The molecule has 1 aromatic rings. The molecule has 0 aliphatic carbocycles. The molecule has 1 aromatic carbocycles. The summed E-state index contributed by atoms with van der Waals surface area (Å²) in [7, 11) is 5.96. The zero-order chi connectivity index (χ0) is 15.2. The quantitative estimate of drug-likeness (QED) is 0.791. The molecule has 0 atom stereocenters. The highest BCUT2D eigenvalue weighted by Gasteiger charge is 2.18. The van der Waals surface area contributed by atoms with Crippen LogP contribution in [0.3, 0.4) is 0 Å². The Morgan fingerprint density at radius 2 is 1.81 bits per heavy atom. The Morgan fingerprint density at radius 3 is 2.43 bits per heavy atom. The van der Waals surface area contributed by atoms with Crippen LogP contribution in [0.2, 0.25) is 0 Å². The second kappa shape index (κ2) is 7.64. The van der Waals surface area contributed by atoms with Crippen LogP contribution in [0, 0.1) is 0 Å². The zero-order valence-corrected chi connectivity index (χ0v) is 13.5. The predicted octanol–water partition coefficient (Wildman–Crippen LogP) is 0.957. The molecule has 0 spiro atoms. The number of hydrogen-bond donors (Lipinski definition) is 1. The molecule has 1 saturated heterocycles. The lowest BCUT2D eigenvalue weighted by atomic mass is 10.1. The number of methoxy groups -OCH3 is 1. The van der Waals surface area contributed by atoms with Crippen LogP contribution in [-0.2, 0) is 6.54 Å². The summed E-state index contributed by atoms with van der Waals surface area (Å²) < 4.78 is 5.43. The fraction of sp³-hybridized carbons (Fsp3) is 0.625. The van der Waals surface area contributed by atoms with E-state index in [0.29, 0.717) is 0 Å². The third-order valence-corrected chi connectivity index (χ3v) is 4.03. The first-order chi connectivity index (χ1) is 10.1. The van der Waals surface area contributed by atoms with Crippen molar-refractivity contribution >= 4 is 5.69 Å². The van der Waals surface area contributed by atoms with Gasteiger partial charge in [-0.15, -0.1) is 0 Å². The number of piperazine rings is 1. The Kier molecular flexibility index (Phi) is 5.85. The maximum absolute atomic E-state index is 5.81. The SMILES string of the molecule is COc1cc(N)ccc1CN1CCN(CCN(C)C)CC1. The summed E-state index contributed by atoms with van der Waals surface area (Å²) in [6.07, 6.45) is 0. The van der Waals surface area contributed by atoms with Crippen molar-refractivity contribution in [2.24, 2.45) is 0 Å². The van der Waals surface area contributed by atoms with E-state index in [0.717, 1.165) is 57.3 Å². The van der Waals surface area contributed by atoms with Crippen LogP contribution in [-0.4, -0.2) is 75.2 Å². The molecule has 1 fully saturated rings. The van der Waals surface area contributed by atoms with Crippen molar-refractivity contribution in [2.45, 2.75) is 6.54 Å². The zero-order valence-electron chi connectivity index (χ0n) is 13.5. The highest BCUT2D eigenvalue weighted by atomic mass is 16.5. The highest BCUT2D eigenvalue weighted by molar-refractivity contribution is 5.48. The number of nitrogen functional groups attached to an aromatic ring is 1. The molecular weight excluding hydrogens is 264 g/mol. The van der Waals surface area contributed by atoms with Crippen molar-refractivity contribution in [3.8, 4) is 5.75 Å². The van der Waals surface area contributed by atoms with Gasteiger partial charge in [0.25, 0.3) is 0 Å². The Morgan fingerprint density at radius 1 is 1.14 bits per heavy atom. The number of benzene rings is 1. The molecule has 0 saturated carbocycles. The van der Waals surface area contributed by atoms with E-state index in [9.17, 15) is 0 Å². The van der Waals surface area contributed by atoms with Crippen molar-refractivity contribution < 1.29 is 4.74 Å². The van der Waals surface area contributed by atoms with E-state index in [4.69, 9.17) is 10.5 Å². The summed E-state index contributed by atoms with van der Waals surface area (Å²) in [6.45, 7) is 7.74. The Hall–Kier alpha value is -1.30. The Bertz CT molecular complexity index is 442. The third-order valence-electron chi connectivity index (χ3n) is 4.03. The number of nitrogens with two attached hydrogens (primary N) is 1. The van der Waals surface area contributed by atoms with Gasteiger partial charge in [-0.2, -0.15) is 0 Å². The normalized spacial score (nSPS) is 17.3. The number of anilines is 1. The molecule has 5 heteroatoms. The fourth-order valence-electron chi connectivity index (χ4n) is 2.65. The summed E-state index contributed by atoms with van der Waals surface area (Å²) in [5.41, 5.74) is 7.78. The molecule has 2 N–H and O–H groups in total. The minimum atomic E-state index is 0.754. The smallest absolute Gasteiger partial charge is 0.125 e.